The van der Waals surface area contributed by atoms with Gasteiger partial charge in [0.1, 0.15) is 5.60 Å². The van der Waals surface area contributed by atoms with E-state index in [1.54, 1.807) is 4.90 Å². The average Bonchev–Trinajstić information content (AvgIpc) is 3.48. The molecule has 3 aromatic rings. The summed E-state index contributed by atoms with van der Waals surface area (Å²) in [5.41, 5.74) is 1.92. The van der Waals surface area contributed by atoms with E-state index in [2.05, 4.69) is 20.6 Å². The lowest BCUT2D eigenvalue weighted by molar-refractivity contribution is -0.150. The van der Waals surface area contributed by atoms with Crippen LogP contribution in [0.2, 0.25) is 0 Å². The van der Waals surface area contributed by atoms with Crippen LogP contribution < -0.4 is 0 Å². The Morgan fingerprint density at radius 3 is 2.44 bits per heavy atom. The van der Waals surface area contributed by atoms with Gasteiger partial charge in [0.15, 0.2) is 5.78 Å². The smallest absolute Gasteiger partial charge is 0.223 e. The number of tetrazole rings is 1. The van der Waals surface area contributed by atoms with Crippen molar-refractivity contribution in [3.8, 4) is 22.5 Å². The number of hydrogen-bond donors (Lipinski definition) is 3. The molecular formula is C30H37N5O4. The summed E-state index contributed by atoms with van der Waals surface area (Å²) in [4.78, 5) is 28.9. The molecule has 0 bridgehead atoms. The van der Waals surface area contributed by atoms with Crippen molar-refractivity contribution in [1.29, 1.82) is 0 Å². The highest BCUT2D eigenvalue weighted by Gasteiger charge is 2.44. The fraction of sp³-hybridized carbons (Fsp3) is 0.433. The van der Waals surface area contributed by atoms with Crippen molar-refractivity contribution in [1.82, 2.24) is 25.5 Å². The fourth-order valence-electron chi connectivity index (χ4n) is 5.09. The number of rotatable bonds is 11. The summed E-state index contributed by atoms with van der Waals surface area (Å²) in [5.74, 6) is -0.230. The third-order valence-corrected chi connectivity index (χ3v) is 7.27. The highest BCUT2D eigenvalue weighted by atomic mass is 16.3. The van der Waals surface area contributed by atoms with Crippen LogP contribution in [0.3, 0.4) is 0 Å². The number of Topliss-reactive ketones (excluding diaryl/α,β-unsaturated/α-hetero) is 1. The van der Waals surface area contributed by atoms with E-state index in [1.165, 1.54) is 12.2 Å². The molecule has 1 aliphatic rings. The van der Waals surface area contributed by atoms with Crippen molar-refractivity contribution in [2.45, 2.75) is 77.2 Å². The number of nitrogens with zero attached hydrogens (tertiary/aromatic N) is 4. The van der Waals surface area contributed by atoms with Crippen LogP contribution in [0.4, 0.5) is 0 Å². The molecule has 3 atom stereocenters. The van der Waals surface area contributed by atoms with Gasteiger partial charge >= 0.3 is 0 Å². The topological polar surface area (TPSA) is 132 Å². The summed E-state index contributed by atoms with van der Waals surface area (Å²) in [6.07, 6.45) is 4.50. The molecule has 1 heterocycles. The molecular weight excluding hydrogens is 494 g/mol. The van der Waals surface area contributed by atoms with Crippen LogP contribution in [0.1, 0.15) is 58.4 Å². The quantitative estimate of drug-likeness (QED) is 0.318. The first kappa shape index (κ1) is 28.3. The van der Waals surface area contributed by atoms with Crippen molar-refractivity contribution in [2.75, 3.05) is 0 Å². The van der Waals surface area contributed by atoms with Crippen molar-refractivity contribution < 1.29 is 19.8 Å². The van der Waals surface area contributed by atoms with Gasteiger partial charge in [0, 0.05) is 18.5 Å². The molecule has 0 radical (unpaired) electrons. The number of amides is 1. The molecule has 0 saturated heterocycles. The monoisotopic (exact) mass is 531 g/mol. The number of aliphatic hydroxyl groups excluding tert-OH is 1. The minimum Gasteiger partial charge on any atom is -0.389 e. The van der Waals surface area contributed by atoms with Crippen molar-refractivity contribution in [2.24, 2.45) is 5.92 Å². The number of benzene rings is 2. The number of unbranched alkanes of at least 4 members (excludes halogenated alkanes) is 1. The SMILES string of the molecule is CCCCC(=O)N(Cc1ccc(-c2ccccc2-c2nn[nH]n2)cc1)[C@H](C(=O)C1(O)C=CC(O)CC1)C(C)C. The van der Waals surface area contributed by atoms with Gasteiger partial charge in [0.05, 0.1) is 12.1 Å². The van der Waals surface area contributed by atoms with Crippen LogP contribution >= 0.6 is 0 Å². The largest absolute Gasteiger partial charge is 0.389 e. The van der Waals surface area contributed by atoms with Gasteiger partial charge in [0.2, 0.25) is 11.7 Å². The molecule has 1 aliphatic carbocycles. The van der Waals surface area contributed by atoms with Crippen LogP contribution in [0.5, 0.6) is 0 Å². The van der Waals surface area contributed by atoms with Gasteiger partial charge in [-0.1, -0.05) is 81.8 Å². The maximum atomic E-state index is 13.8. The summed E-state index contributed by atoms with van der Waals surface area (Å²) >= 11 is 0. The summed E-state index contributed by atoms with van der Waals surface area (Å²) < 4.78 is 0. The molecule has 2 unspecified atom stereocenters. The maximum Gasteiger partial charge on any atom is 0.223 e. The lowest BCUT2D eigenvalue weighted by Crippen LogP contribution is -2.55. The Kier molecular flexibility index (Phi) is 9.04. The van der Waals surface area contributed by atoms with Crippen LogP contribution in [0, 0.1) is 5.92 Å². The van der Waals surface area contributed by atoms with E-state index in [4.69, 9.17) is 0 Å². The van der Waals surface area contributed by atoms with E-state index in [0.717, 1.165) is 35.1 Å². The van der Waals surface area contributed by atoms with E-state index >= 15 is 0 Å². The Morgan fingerprint density at radius 1 is 1.13 bits per heavy atom. The Labute approximate surface area is 228 Å². The zero-order valence-corrected chi connectivity index (χ0v) is 22.7. The number of ketones is 1. The number of H-pyrrole nitrogens is 1. The first-order valence-electron chi connectivity index (χ1n) is 13.6. The van der Waals surface area contributed by atoms with Gasteiger partial charge < -0.3 is 15.1 Å². The summed E-state index contributed by atoms with van der Waals surface area (Å²) in [5, 5.41) is 35.4. The van der Waals surface area contributed by atoms with Gasteiger partial charge in [-0.15, -0.1) is 10.2 Å². The third kappa shape index (κ3) is 6.49. The molecule has 3 N–H and O–H groups in total. The zero-order chi connectivity index (χ0) is 28.0. The zero-order valence-electron chi connectivity index (χ0n) is 22.7. The molecule has 1 aromatic heterocycles. The summed E-state index contributed by atoms with van der Waals surface area (Å²) in [6, 6.07) is 14.9. The highest BCUT2D eigenvalue weighted by molar-refractivity contribution is 5.96. The average molecular weight is 532 g/mol. The van der Waals surface area contributed by atoms with E-state index in [1.807, 2.05) is 69.3 Å². The second-order valence-corrected chi connectivity index (χ2v) is 10.5. The molecule has 0 spiro atoms. The van der Waals surface area contributed by atoms with Crippen LogP contribution in [0.25, 0.3) is 22.5 Å². The predicted octanol–water partition coefficient (Wildman–Crippen LogP) is 4.09. The molecule has 206 valence electrons. The van der Waals surface area contributed by atoms with Crippen LogP contribution in [-0.4, -0.2) is 65.2 Å². The minimum atomic E-state index is -1.71. The minimum absolute atomic E-state index is 0.112. The van der Waals surface area contributed by atoms with Gasteiger partial charge in [-0.3, -0.25) is 9.59 Å². The molecule has 0 fully saturated rings. The Morgan fingerprint density at radius 2 is 1.85 bits per heavy atom. The number of hydrogen-bond acceptors (Lipinski definition) is 7. The van der Waals surface area contributed by atoms with Gasteiger partial charge in [-0.05, 0) is 53.2 Å². The van der Waals surface area contributed by atoms with Crippen LogP contribution in [0.15, 0.2) is 60.7 Å². The number of aromatic amines is 1. The van der Waals surface area contributed by atoms with Crippen molar-refractivity contribution in [3.63, 3.8) is 0 Å². The predicted molar refractivity (Wildman–Crippen MR) is 148 cm³/mol. The number of aliphatic hydroxyl groups is 2. The first-order valence-corrected chi connectivity index (χ1v) is 13.6. The normalized spacial score (nSPS) is 19.7. The van der Waals surface area contributed by atoms with Crippen LogP contribution in [-0.2, 0) is 16.1 Å². The highest BCUT2D eigenvalue weighted by Crippen LogP contribution is 2.32. The Hall–Kier alpha value is -3.69. The van der Waals surface area contributed by atoms with E-state index in [-0.39, 0.29) is 24.8 Å². The summed E-state index contributed by atoms with van der Waals surface area (Å²) in [7, 11) is 0. The molecule has 0 aliphatic heterocycles. The lowest BCUT2D eigenvalue weighted by atomic mass is 9.80. The molecule has 39 heavy (non-hydrogen) atoms. The number of carbonyl (C=O) groups excluding carboxylic acids is 2. The Bertz CT molecular complexity index is 1290. The first-order chi connectivity index (χ1) is 18.7. The molecule has 9 nitrogen and oxygen atoms in total. The van der Waals surface area contributed by atoms with Gasteiger partial charge in [0.25, 0.3) is 0 Å². The number of carbonyl (C=O) groups is 2. The third-order valence-electron chi connectivity index (χ3n) is 7.27. The standard InChI is InChI=1S/C30H37N5O4/c1-4-5-10-26(37)35(27(20(2)3)28(38)30(39)17-15-23(36)16-18-30)19-21-11-13-22(14-12-21)24-8-6-7-9-25(24)29-31-33-34-32-29/h6-9,11-15,17,20,23,27,36,39H,4-5,10,16,18-19H2,1-3H3,(H,31,32,33,34)/t23?,27-,30?/m0/s1. The lowest BCUT2D eigenvalue weighted by Gasteiger charge is -2.39. The molecule has 0 saturated carbocycles. The summed E-state index contributed by atoms with van der Waals surface area (Å²) in [6.45, 7) is 6.05. The maximum absolute atomic E-state index is 13.8. The van der Waals surface area contributed by atoms with Gasteiger partial charge in [-0.25, -0.2) is 0 Å². The number of nitrogens with one attached hydrogen (secondary N) is 1. The molecule has 4 rings (SSSR count). The van der Waals surface area contributed by atoms with Crippen molar-refractivity contribution >= 4 is 11.7 Å². The van der Waals surface area contributed by atoms with E-state index in [9.17, 15) is 19.8 Å². The van der Waals surface area contributed by atoms with Crippen molar-refractivity contribution in [3.05, 3.63) is 66.2 Å². The fourth-order valence-corrected chi connectivity index (χ4v) is 5.09. The van der Waals surface area contributed by atoms with Gasteiger partial charge in [-0.2, -0.15) is 5.21 Å². The molecule has 2 aromatic carbocycles. The second kappa shape index (κ2) is 12.4. The Balaban J connectivity index is 1.63. The second-order valence-electron chi connectivity index (χ2n) is 10.5. The molecule has 1 amide bonds. The number of aromatic nitrogens is 4. The van der Waals surface area contributed by atoms with E-state index in [0.29, 0.717) is 18.7 Å². The van der Waals surface area contributed by atoms with E-state index < -0.39 is 23.5 Å². The molecule has 9 heteroatoms.